The SMILES string of the molecule is Fc1ccc(OCC2=N[C@H](c3ccccc3)[C@H](c3ccccc3)N2)cc1.O=C(O)C(F)(F)F. The number of hydrogen-bond donors (Lipinski definition) is 2. The molecule has 5 nitrogen and oxygen atoms in total. The van der Waals surface area contributed by atoms with Crippen molar-refractivity contribution in [2.75, 3.05) is 6.61 Å². The first-order valence-electron chi connectivity index (χ1n) is 9.85. The van der Waals surface area contributed by atoms with Crippen LogP contribution in [0.5, 0.6) is 5.75 Å². The highest BCUT2D eigenvalue weighted by Gasteiger charge is 2.38. The Morgan fingerprint density at radius 3 is 1.94 bits per heavy atom. The van der Waals surface area contributed by atoms with E-state index >= 15 is 0 Å². The van der Waals surface area contributed by atoms with Crippen LogP contribution in [0.3, 0.4) is 0 Å². The zero-order valence-electron chi connectivity index (χ0n) is 17.2. The summed E-state index contributed by atoms with van der Waals surface area (Å²) in [5.74, 6) is -1.62. The third-order valence-electron chi connectivity index (χ3n) is 4.66. The van der Waals surface area contributed by atoms with Gasteiger partial charge in [-0.25, -0.2) is 9.18 Å². The smallest absolute Gasteiger partial charge is 0.486 e. The largest absolute Gasteiger partial charge is 0.490 e. The molecule has 0 spiro atoms. The Morgan fingerprint density at radius 1 is 0.909 bits per heavy atom. The van der Waals surface area contributed by atoms with E-state index in [4.69, 9.17) is 19.6 Å². The summed E-state index contributed by atoms with van der Waals surface area (Å²) in [6.07, 6.45) is -5.08. The number of nitrogens with zero attached hydrogens (tertiary/aromatic N) is 1. The van der Waals surface area contributed by atoms with Crippen LogP contribution in [0, 0.1) is 5.82 Å². The molecule has 2 N–H and O–H groups in total. The van der Waals surface area contributed by atoms with Gasteiger partial charge in [-0.3, -0.25) is 4.99 Å². The fourth-order valence-corrected chi connectivity index (χ4v) is 3.14. The predicted octanol–water partition coefficient (Wildman–Crippen LogP) is 5.32. The molecule has 172 valence electrons. The molecule has 0 aliphatic carbocycles. The Hall–Kier alpha value is -3.88. The van der Waals surface area contributed by atoms with Crippen molar-refractivity contribution >= 4 is 11.8 Å². The highest BCUT2D eigenvalue weighted by atomic mass is 19.4. The molecule has 3 aromatic rings. The normalized spacial score (nSPS) is 17.3. The lowest BCUT2D eigenvalue weighted by Crippen LogP contribution is -2.28. The second kappa shape index (κ2) is 10.6. The van der Waals surface area contributed by atoms with Crippen molar-refractivity contribution in [1.82, 2.24) is 5.32 Å². The minimum Gasteiger partial charge on any atom is -0.486 e. The molecular formula is C24H20F4N2O3. The number of carboxylic acid groups (broad SMARTS) is 1. The number of carbonyl (C=O) groups is 1. The van der Waals surface area contributed by atoms with Crippen molar-refractivity contribution < 1.29 is 32.2 Å². The monoisotopic (exact) mass is 460 g/mol. The van der Waals surface area contributed by atoms with Gasteiger partial charge in [-0.15, -0.1) is 0 Å². The molecule has 9 heteroatoms. The number of ether oxygens (including phenoxy) is 1. The molecule has 0 unspecified atom stereocenters. The first-order valence-corrected chi connectivity index (χ1v) is 9.85. The third kappa shape index (κ3) is 6.80. The van der Waals surface area contributed by atoms with E-state index in [2.05, 4.69) is 29.6 Å². The number of rotatable bonds is 5. The van der Waals surface area contributed by atoms with E-state index in [1.807, 2.05) is 36.4 Å². The van der Waals surface area contributed by atoms with Crippen LogP contribution in [0.4, 0.5) is 17.6 Å². The van der Waals surface area contributed by atoms with Crippen LogP contribution in [0.2, 0.25) is 0 Å². The lowest BCUT2D eigenvalue weighted by molar-refractivity contribution is -0.192. The number of nitrogens with one attached hydrogen (secondary N) is 1. The molecule has 0 fully saturated rings. The molecule has 0 bridgehead atoms. The van der Waals surface area contributed by atoms with E-state index in [0.29, 0.717) is 12.4 Å². The van der Waals surface area contributed by atoms with Crippen molar-refractivity contribution in [3.05, 3.63) is 102 Å². The van der Waals surface area contributed by atoms with Crippen molar-refractivity contribution in [1.29, 1.82) is 0 Å². The van der Waals surface area contributed by atoms with Gasteiger partial charge in [0.2, 0.25) is 0 Å². The molecule has 0 aromatic heterocycles. The number of amidine groups is 1. The Bertz CT molecular complexity index is 1070. The predicted molar refractivity (Wildman–Crippen MR) is 115 cm³/mol. The number of aliphatic carboxylic acids is 1. The van der Waals surface area contributed by atoms with Gasteiger partial charge in [-0.1, -0.05) is 60.7 Å². The molecular weight excluding hydrogens is 440 g/mol. The average Bonchev–Trinajstić information content (AvgIpc) is 3.24. The average molecular weight is 460 g/mol. The quantitative estimate of drug-likeness (QED) is 0.506. The maximum Gasteiger partial charge on any atom is 0.490 e. The number of alkyl halides is 3. The Morgan fingerprint density at radius 2 is 1.42 bits per heavy atom. The van der Waals surface area contributed by atoms with Gasteiger partial charge in [0.05, 0.1) is 6.04 Å². The molecule has 1 aliphatic heterocycles. The van der Waals surface area contributed by atoms with Gasteiger partial charge in [0.1, 0.15) is 30.1 Å². The Balaban J connectivity index is 0.000000383. The van der Waals surface area contributed by atoms with Crippen molar-refractivity contribution in [3.63, 3.8) is 0 Å². The molecule has 2 atom stereocenters. The summed E-state index contributed by atoms with van der Waals surface area (Å²) in [6, 6.07) is 26.6. The highest BCUT2D eigenvalue weighted by molar-refractivity contribution is 5.86. The molecule has 0 saturated heterocycles. The Labute approximate surface area is 187 Å². The summed E-state index contributed by atoms with van der Waals surface area (Å²) in [5.41, 5.74) is 2.34. The molecule has 4 rings (SSSR count). The number of halogens is 4. The van der Waals surface area contributed by atoms with Gasteiger partial charge >= 0.3 is 12.1 Å². The van der Waals surface area contributed by atoms with Crippen LogP contribution in [0.1, 0.15) is 23.2 Å². The first-order chi connectivity index (χ1) is 15.7. The summed E-state index contributed by atoms with van der Waals surface area (Å²) in [6.45, 7) is 0.318. The Kier molecular flexibility index (Phi) is 7.66. The maximum atomic E-state index is 13.0. The maximum absolute atomic E-state index is 13.0. The van der Waals surface area contributed by atoms with Crippen LogP contribution >= 0.6 is 0 Å². The summed E-state index contributed by atoms with van der Waals surface area (Å²) in [5, 5.41) is 10.6. The zero-order valence-corrected chi connectivity index (χ0v) is 17.2. The van der Waals surface area contributed by atoms with E-state index in [0.717, 1.165) is 11.4 Å². The standard InChI is InChI=1S/C22H19FN2O.C2HF3O2/c23-18-11-13-19(14-12-18)26-15-20-24-21(16-7-3-1-4-8-16)22(25-20)17-9-5-2-6-10-17;3-2(4,5)1(6)7/h1-14,21-22H,15H2,(H,24,25);(H,6,7)/t21-,22+;. The number of carboxylic acids is 1. The van der Waals surface area contributed by atoms with Crippen LogP contribution in [-0.4, -0.2) is 29.7 Å². The van der Waals surface area contributed by atoms with Gasteiger partial charge in [0.15, 0.2) is 0 Å². The van der Waals surface area contributed by atoms with Gasteiger partial charge in [0, 0.05) is 0 Å². The summed E-state index contributed by atoms with van der Waals surface area (Å²) < 4.78 is 50.5. The van der Waals surface area contributed by atoms with Crippen molar-refractivity contribution in [3.8, 4) is 5.75 Å². The minimum absolute atomic E-state index is 0.00887. The summed E-state index contributed by atoms with van der Waals surface area (Å²) in [4.78, 5) is 13.8. The molecule has 33 heavy (non-hydrogen) atoms. The van der Waals surface area contributed by atoms with E-state index in [9.17, 15) is 17.6 Å². The highest BCUT2D eigenvalue weighted by Crippen LogP contribution is 2.35. The first kappa shape index (κ1) is 23.8. The fourth-order valence-electron chi connectivity index (χ4n) is 3.14. The second-order valence-electron chi connectivity index (χ2n) is 7.01. The zero-order chi connectivity index (χ0) is 23.8. The van der Waals surface area contributed by atoms with Gasteiger partial charge in [0.25, 0.3) is 0 Å². The van der Waals surface area contributed by atoms with E-state index < -0.39 is 12.1 Å². The topological polar surface area (TPSA) is 70.9 Å². The van der Waals surface area contributed by atoms with Crippen LogP contribution < -0.4 is 10.1 Å². The fraction of sp³-hybridized carbons (Fsp3) is 0.167. The van der Waals surface area contributed by atoms with Crippen molar-refractivity contribution in [2.45, 2.75) is 18.3 Å². The molecule has 1 heterocycles. The molecule has 0 radical (unpaired) electrons. The second-order valence-corrected chi connectivity index (χ2v) is 7.01. The van der Waals surface area contributed by atoms with Gasteiger partial charge < -0.3 is 15.2 Å². The van der Waals surface area contributed by atoms with Crippen molar-refractivity contribution in [2.24, 2.45) is 4.99 Å². The lowest BCUT2D eigenvalue weighted by atomic mass is 9.95. The summed E-state index contributed by atoms with van der Waals surface area (Å²) in [7, 11) is 0. The van der Waals surface area contributed by atoms with E-state index in [-0.39, 0.29) is 17.9 Å². The molecule has 0 amide bonds. The number of aliphatic imine (C=N–C) groups is 1. The molecule has 0 saturated carbocycles. The van der Waals surface area contributed by atoms with E-state index in [1.165, 1.54) is 17.7 Å². The lowest BCUT2D eigenvalue weighted by Gasteiger charge is -2.19. The third-order valence-corrected chi connectivity index (χ3v) is 4.66. The number of hydrogen-bond acceptors (Lipinski definition) is 4. The number of benzene rings is 3. The van der Waals surface area contributed by atoms with Crippen LogP contribution in [0.25, 0.3) is 0 Å². The van der Waals surface area contributed by atoms with Gasteiger partial charge in [-0.05, 0) is 35.4 Å². The van der Waals surface area contributed by atoms with Crippen LogP contribution in [-0.2, 0) is 4.79 Å². The molecule has 1 aliphatic rings. The summed E-state index contributed by atoms with van der Waals surface area (Å²) >= 11 is 0. The minimum atomic E-state index is -5.08. The van der Waals surface area contributed by atoms with Gasteiger partial charge in [-0.2, -0.15) is 13.2 Å². The van der Waals surface area contributed by atoms with Crippen LogP contribution in [0.15, 0.2) is 89.9 Å². The molecule has 3 aromatic carbocycles. The van der Waals surface area contributed by atoms with E-state index in [1.54, 1.807) is 12.1 Å².